The van der Waals surface area contributed by atoms with Crippen LogP contribution in [0.3, 0.4) is 0 Å². The number of amides is 1. The van der Waals surface area contributed by atoms with Crippen molar-refractivity contribution < 1.29 is 9.90 Å². The molecule has 0 aromatic rings. The summed E-state index contributed by atoms with van der Waals surface area (Å²) in [5.41, 5.74) is -0.0979. The summed E-state index contributed by atoms with van der Waals surface area (Å²) in [6, 6.07) is -0.164. The molecule has 1 unspecified atom stereocenters. The fraction of sp³-hybridized carbons (Fsp3) is 0.900. The molecule has 0 fully saturated rings. The molecule has 0 aliphatic carbocycles. The van der Waals surface area contributed by atoms with E-state index in [-0.39, 0.29) is 29.9 Å². The zero-order valence-corrected chi connectivity index (χ0v) is 9.22. The normalized spacial score (nSPS) is 14.4. The van der Waals surface area contributed by atoms with Gasteiger partial charge in [0.15, 0.2) is 0 Å². The molecule has 3 heteroatoms. The molecule has 0 heterocycles. The van der Waals surface area contributed by atoms with Crippen molar-refractivity contribution in [1.29, 1.82) is 0 Å². The SMILES string of the molecule is CC(C)C(=O)NC(CO)C(C)(C)C. The summed E-state index contributed by atoms with van der Waals surface area (Å²) in [7, 11) is 0. The van der Waals surface area contributed by atoms with Gasteiger partial charge in [-0.15, -0.1) is 0 Å². The third kappa shape index (κ3) is 4.27. The number of rotatable bonds is 3. The van der Waals surface area contributed by atoms with Crippen molar-refractivity contribution in [2.45, 2.75) is 40.7 Å². The quantitative estimate of drug-likeness (QED) is 0.696. The lowest BCUT2D eigenvalue weighted by molar-refractivity contribution is -0.125. The maximum Gasteiger partial charge on any atom is 0.222 e. The fourth-order valence-corrected chi connectivity index (χ4v) is 0.874. The van der Waals surface area contributed by atoms with E-state index in [1.54, 1.807) is 0 Å². The Kier molecular flexibility index (Phi) is 4.40. The van der Waals surface area contributed by atoms with Crippen LogP contribution in [0.4, 0.5) is 0 Å². The summed E-state index contributed by atoms with van der Waals surface area (Å²) in [5.74, 6) is -0.0367. The van der Waals surface area contributed by atoms with Gasteiger partial charge >= 0.3 is 0 Å². The van der Waals surface area contributed by atoms with E-state index in [1.165, 1.54) is 0 Å². The molecule has 0 aromatic heterocycles. The third-order valence-corrected chi connectivity index (χ3v) is 2.07. The number of aliphatic hydroxyl groups excluding tert-OH is 1. The molecule has 0 saturated heterocycles. The summed E-state index contributed by atoms with van der Waals surface area (Å²) in [6.45, 7) is 9.65. The van der Waals surface area contributed by atoms with E-state index in [2.05, 4.69) is 5.32 Å². The predicted octanol–water partition coefficient (Wildman–Crippen LogP) is 1.17. The lowest BCUT2D eigenvalue weighted by Crippen LogP contribution is -2.47. The first-order chi connectivity index (χ1) is 5.79. The van der Waals surface area contributed by atoms with Crippen molar-refractivity contribution in [3.05, 3.63) is 0 Å². The summed E-state index contributed by atoms with van der Waals surface area (Å²) in [6.07, 6.45) is 0. The van der Waals surface area contributed by atoms with Crippen LogP contribution in [0, 0.1) is 11.3 Å². The van der Waals surface area contributed by atoms with E-state index < -0.39 is 0 Å². The number of nitrogens with one attached hydrogen (secondary N) is 1. The molecule has 13 heavy (non-hydrogen) atoms. The van der Waals surface area contributed by atoms with Gasteiger partial charge in [-0.3, -0.25) is 4.79 Å². The van der Waals surface area contributed by atoms with Crippen LogP contribution in [0.1, 0.15) is 34.6 Å². The van der Waals surface area contributed by atoms with E-state index in [4.69, 9.17) is 5.11 Å². The Hall–Kier alpha value is -0.570. The molecular formula is C10H21NO2. The van der Waals surface area contributed by atoms with E-state index in [0.717, 1.165) is 0 Å². The van der Waals surface area contributed by atoms with Crippen LogP contribution in [0.2, 0.25) is 0 Å². The van der Waals surface area contributed by atoms with Gasteiger partial charge in [0.05, 0.1) is 12.6 Å². The van der Waals surface area contributed by atoms with Crippen LogP contribution in [0.15, 0.2) is 0 Å². The number of hydrogen-bond donors (Lipinski definition) is 2. The van der Waals surface area contributed by atoms with Gasteiger partial charge in [0.1, 0.15) is 0 Å². The maximum atomic E-state index is 11.3. The van der Waals surface area contributed by atoms with Gasteiger partial charge in [-0.05, 0) is 5.41 Å². The Labute approximate surface area is 80.5 Å². The zero-order valence-electron chi connectivity index (χ0n) is 9.22. The number of aliphatic hydroxyl groups is 1. The molecule has 0 aliphatic heterocycles. The maximum absolute atomic E-state index is 11.3. The lowest BCUT2D eigenvalue weighted by atomic mass is 9.87. The average molecular weight is 187 g/mol. The van der Waals surface area contributed by atoms with Crippen LogP contribution < -0.4 is 5.32 Å². The van der Waals surface area contributed by atoms with Gasteiger partial charge in [0.2, 0.25) is 5.91 Å². The zero-order chi connectivity index (χ0) is 10.6. The van der Waals surface area contributed by atoms with E-state index in [9.17, 15) is 4.79 Å². The van der Waals surface area contributed by atoms with Gasteiger partial charge in [0, 0.05) is 5.92 Å². The van der Waals surface area contributed by atoms with Crippen LogP contribution in [0.5, 0.6) is 0 Å². The summed E-state index contributed by atoms with van der Waals surface area (Å²) in [5, 5.41) is 11.9. The molecule has 1 atom stereocenters. The van der Waals surface area contributed by atoms with Crippen LogP contribution >= 0.6 is 0 Å². The van der Waals surface area contributed by atoms with Crippen LogP contribution in [0.25, 0.3) is 0 Å². The predicted molar refractivity (Wildman–Crippen MR) is 53.3 cm³/mol. The molecule has 0 radical (unpaired) electrons. The van der Waals surface area contributed by atoms with Crippen molar-refractivity contribution in [2.24, 2.45) is 11.3 Å². The second-order valence-electron chi connectivity index (χ2n) is 4.76. The highest BCUT2D eigenvalue weighted by atomic mass is 16.3. The monoisotopic (exact) mass is 187 g/mol. The van der Waals surface area contributed by atoms with E-state index in [1.807, 2.05) is 34.6 Å². The highest BCUT2D eigenvalue weighted by Gasteiger charge is 2.25. The first kappa shape index (κ1) is 12.4. The molecule has 0 bridgehead atoms. The molecule has 0 saturated carbocycles. The summed E-state index contributed by atoms with van der Waals surface area (Å²) < 4.78 is 0. The first-order valence-electron chi connectivity index (χ1n) is 4.70. The minimum Gasteiger partial charge on any atom is -0.394 e. The van der Waals surface area contributed by atoms with E-state index >= 15 is 0 Å². The van der Waals surface area contributed by atoms with Gasteiger partial charge in [0.25, 0.3) is 0 Å². The van der Waals surface area contributed by atoms with Gasteiger partial charge in [-0.2, -0.15) is 0 Å². The Morgan fingerprint density at radius 1 is 1.38 bits per heavy atom. The van der Waals surface area contributed by atoms with Crippen LogP contribution in [-0.2, 0) is 4.79 Å². The number of carbonyl (C=O) groups is 1. The highest BCUT2D eigenvalue weighted by molar-refractivity contribution is 5.78. The second kappa shape index (κ2) is 4.61. The molecular weight excluding hydrogens is 166 g/mol. The molecule has 3 nitrogen and oxygen atoms in total. The van der Waals surface area contributed by atoms with Crippen molar-refractivity contribution in [2.75, 3.05) is 6.61 Å². The van der Waals surface area contributed by atoms with Gasteiger partial charge in [-0.25, -0.2) is 0 Å². The molecule has 0 spiro atoms. The highest BCUT2D eigenvalue weighted by Crippen LogP contribution is 2.18. The Balaban J connectivity index is 4.22. The van der Waals surface area contributed by atoms with E-state index in [0.29, 0.717) is 0 Å². The topological polar surface area (TPSA) is 49.3 Å². The Morgan fingerprint density at radius 3 is 2.08 bits per heavy atom. The molecule has 2 N–H and O–H groups in total. The Bertz CT molecular complexity index is 170. The number of hydrogen-bond acceptors (Lipinski definition) is 2. The third-order valence-electron chi connectivity index (χ3n) is 2.07. The smallest absolute Gasteiger partial charge is 0.222 e. The van der Waals surface area contributed by atoms with Gasteiger partial charge < -0.3 is 10.4 Å². The van der Waals surface area contributed by atoms with Crippen molar-refractivity contribution >= 4 is 5.91 Å². The fourth-order valence-electron chi connectivity index (χ4n) is 0.874. The van der Waals surface area contributed by atoms with Gasteiger partial charge in [-0.1, -0.05) is 34.6 Å². The standard InChI is InChI=1S/C10H21NO2/c1-7(2)9(13)11-8(6-12)10(3,4)5/h7-8,12H,6H2,1-5H3,(H,11,13). The minimum absolute atomic E-state index is 0.00558. The summed E-state index contributed by atoms with van der Waals surface area (Å²) >= 11 is 0. The van der Waals surface area contributed by atoms with Crippen molar-refractivity contribution in [1.82, 2.24) is 5.32 Å². The molecule has 78 valence electrons. The number of carbonyl (C=O) groups excluding carboxylic acids is 1. The molecule has 0 aromatic carbocycles. The lowest BCUT2D eigenvalue weighted by Gasteiger charge is -2.30. The van der Waals surface area contributed by atoms with Crippen molar-refractivity contribution in [3.63, 3.8) is 0 Å². The molecule has 0 aliphatic rings. The Morgan fingerprint density at radius 2 is 1.85 bits per heavy atom. The van der Waals surface area contributed by atoms with Crippen molar-refractivity contribution in [3.8, 4) is 0 Å². The molecule has 1 amide bonds. The second-order valence-corrected chi connectivity index (χ2v) is 4.76. The first-order valence-corrected chi connectivity index (χ1v) is 4.70. The minimum atomic E-state index is -0.164. The largest absolute Gasteiger partial charge is 0.394 e. The average Bonchev–Trinajstić information content (AvgIpc) is 1.96. The summed E-state index contributed by atoms with van der Waals surface area (Å²) in [4.78, 5) is 11.3. The van der Waals surface area contributed by atoms with Crippen LogP contribution in [-0.4, -0.2) is 23.7 Å². The molecule has 0 rings (SSSR count).